The normalized spacial score (nSPS) is 10.4. The van der Waals surface area contributed by atoms with Gasteiger partial charge >= 0.3 is 5.97 Å². The van der Waals surface area contributed by atoms with Gasteiger partial charge in [0.25, 0.3) is 0 Å². The number of carbonyl (C=O) groups is 1. The minimum atomic E-state index is -0.942. The summed E-state index contributed by atoms with van der Waals surface area (Å²) in [5.41, 5.74) is 4.14. The number of thiazole rings is 1. The molecule has 1 heterocycles. The van der Waals surface area contributed by atoms with Gasteiger partial charge in [0.2, 0.25) is 0 Å². The van der Waals surface area contributed by atoms with Crippen LogP contribution in [0.2, 0.25) is 0 Å². The molecule has 0 aliphatic rings. The predicted molar refractivity (Wildman–Crippen MR) is 89.0 cm³/mol. The number of nitrogens with zero attached hydrogens (tertiary/aromatic N) is 1. The molecule has 0 aliphatic carbocycles. The summed E-state index contributed by atoms with van der Waals surface area (Å²) in [4.78, 5) is 15.5. The monoisotopic (exact) mass is 310 g/mol. The van der Waals surface area contributed by atoms with Gasteiger partial charge in [-0.15, -0.1) is 11.3 Å². The molecule has 5 heteroatoms. The Morgan fingerprint density at radius 1 is 1.18 bits per heavy atom. The molecule has 3 rings (SSSR count). The van der Waals surface area contributed by atoms with Crippen LogP contribution in [0.5, 0.6) is 0 Å². The molecule has 0 amide bonds. The lowest BCUT2D eigenvalue weighted by molar-refractivity contribution is 0.0697. The molecule has 0 unspecified atom stereocenters. The standard InChI is InChI=1S/C17H14N2O2S/c1-11-5-7-12(8-6-11)15-10-22-17(19-15)18-14-4-2-3-13(9-14)16(20)21/h2-10H,1H3,(H,18,19)(H,20,21). The van der Waals surface area contributed by atoms with E-state index in [1.165, 1.54) is 16.9 Å². The van der Waals surface area contributed by atoms with Crippen LogP contribution >= 0.6 is 11.3 Å². The largest absolute Gasteiger partial charge is 0.478 e. The van der Waals surface area contributed by atoms with Gasteiger partial charge in [-0.05, 0) is 25.1 Å². The molecule has 3 aromatic rings. The number of rotatable bonds is 4. The Hall–Kier alpha value is -2.66. The molecule has 1 aromatic heterocycles. The van der Waals surface area contributed by atoms with Gasteiger partial charge < -0.3 is 10.4 Å². The van der Waals surface area contributed by atoms with Crippen molar-refractivity contribution in [3.05, 3.63) is 65.0 Å². The van der Waals surface area contributed by atoms with Crippen molar-refractivity contribution in [1.29, 1.82) is 0 Å². The molecule has 2 N–H and O–H groups in total. The highest BCUT2D eigenvalue weighted by atomic mass is 32.1. The van der Waals surface area contributed by atoms with Crippen molar-refractivity contribution in [1.82, 2.24) is 4.98 Å². The molecule has 0 fully saturated rings. The molecule has 4 nitrogen and oxygen atoms in total. The Kier molecular flexibility index (Phi) is 3.89. The van der Waals surface area contributed by atoms with E-state index < -0.39 is 5.97 Å². The van der Waals surface area contributed by atoms with Gasteiger partial charge in [0.15, 0.2) is 5.13 Å². The second kappa shape index (κ2) is 5.99. The minimum absolute atomic E-state index is 0.250. The lowest BCUT2D eigenvalue weighted by atomic mass is 10.1. The highest BCUT2D eigenvalue weighted by Crippen LogP contribution is 2.27. The number of carboxylic acids is 1. The molecule has 110 valence electrons. The molecule has 22 heavy (non-hydrogen) atoms. The van der Waals surface area contributed by atoms with E-state index in [4.69, 9.17) is 5.11 Å². The van der Waals surface area contributed by atoms with Crippen LogP contribution in [-0.2, 0) is 0 Å². The molecule has 0 saturated heterocycles. The Labute approximate surface area is 132 Å². The number of carboxylic acid groups (broad SMARTS) is 1. The van der Waals surface area contributed by atoms with Crippen molar-refractivity contribution in [3.8, 4) is 11.3 Å². The fourth-order valence-corrected chi connectivity index (χ4v) is 2.78. The number of aromatic carboxylic acids is 1. The second-order valence-electron chi connectivity index (χ2n) is 4.91. The highest BCUT2D eigenvalue weighted by molar-refractivity contribution is 7.14. The van der Waals surface area contributed by atoms with Gasteiger partial charge in [-0.2, -0.15) is 0 Å². The summed E-state index contributed by atoms with van der Waals surface area (Å²) >= 11 is 1.49. The lowest BCUT2D eigenvalue weighted by Crippen LogP contribution is -1.97. The Balaban J connectivity index is 1.81. The molecule has 2 aromatic carbocycles. The van der Waals surface area contributed by atoms with E-state index in [1.54, 1.807) is 18.2 Å². The Bertz CT molecular complexity index is 810. The molecule has 0 saturated carbocycles. The number of hydrogen-bond donors (Lipinski definition) is 2. The summed E-state index contributed by atoms with van der Waals surface area (Å²) in [6.45, 7) is 2.05. The summed E-state index contributed by atoms with van der Waals surface area (Å²) < 4.78 is 0. The van der Waals surface area contributed by atoms with Gasteiger partial charge in [0.1, 0.15) is 0 Å². The maximum Gasteiger partial charge on any atom is 0.335 e. The fourth-order valence-electron chi connectivity index (χ4n) is 2.04. The topological polar surface area (TPSA) is 62.2 Å². The van der Waals surface area contributed by atoms with Crippen LogP contribution in [-0.4, -0.2) is 16.1 Å². The Morgan fingerprint density at radius 3 is 2.68 bits per heavy atom. The molecular weight excluding hydrogens is 296 g/mol. The molecule has 0 spiro atoms. The summed E-state index contributed by atoms with van der Waals surface area (Å²) in [7, 11) is 0. The third kappa shape index (κ3) is 3.15. The number of hydrogen-bond acceptors (Lipinski definition) is 4. The van der Waals surface area contributed by atoms with Gasteiger partial charge in [-0.25, -0.2) is 9.78 Å². The average Bonchev–Trinajstić information content (AvgIpc) is 2.96. The first-order valence-electron chi connectivity index (χ1n) is 6.75. The van der Waals surface area contributed by atoms with E-state index in [9.17, 15) is 4.79 Å². The van der Waals surface area contributed by atoms with E-state index in [0.29, 0.717) is 5.69 Å². The van der Waals surface area contributed by atoms with Crippen LogP contribution in [0.4, 0.5) is 10.8 Å². The zero-order valence-corrected chi connectivity index (χ0v) is 12.7. The van der Waals surface area contributed by atoms with Crippen LogP contribution < -0.4 is 5.32 Å². The average molecular weight is 310 g/mol. The van der Waals surface area contributed by atoms with E-state index in [0.717, 1.165) is 16.4 Å². The Morgan fingerprint density at radius 2 is 1.95 bits per heavy atom. The van der Waals surface area contributed by atoms with E-state index in [2.05, 4.69) is 22.4 Å². The third-order valence-electron chi connectivity index (χ3n) is 3.21. The first-order chi connectivity index (χ1) is 10.6. The van der Waals surface area contributed by atoms with Gasteiger partial charge in [0.05, 0.1) is 11.3 Å². The highest BCUT2D eigenvalue weighted by Gasteiger charge is 2.07. The number of nitrogens with one attached hydrogen (secondary N) is 1. The number of aryl methyl sites for hydroxylation is 1. The molecule has 0 bridgehead atoms. The van der Waals surface area contributed by atoms with Crippen LogP contribution in [0.3, 0.4) is 0 Å². The van der Waals surface area contributed by atoms with Crippen LogP contribution in [0.15, 0.2) is 53.9 Å². The summed E-state index contributed by atoms with van der Waals surface area (Å²) in [5.74, 6) is -0.942. The minimum Gasteiger partial charge on any atom is -0.478 e. The first-order valence-corrected chi connectivity index (χ1v) is 7.63. The van der Waals surface area contributed by atoms with Crippen molar-refractivity contribution in [3.63, 3.8) is 0 Å². The summed E-state index contributed by atoms with van der Waals surface area (Å²) in [6.07, 6.45) is 0. The SMILES string of the molecule is Cc1ccc(-c2csc(Nc3cccc(C(=O)O)c3)n2)cc1. The van der Waals surface area contributed by atoms with E-state index >= 15 is 0 Å². The van der Waals surface area contributed by atoms with Gasteiger partial charge in [-0.1, -0.05) is 35.9 Å². The van der Waals surface area contributed by atoms with Crippen molar-refractivity contribution in [2.75, 3.05) is 5.32 Å². The fraction of sp³-hybridized carbons (Fsp3) is 0.0588. The van der Waals surface area contributed by atoms with Crippen molar-refractivity contribution in [2.45, 2.75) is 6.92 Å². The van der Waals surface area contributed by atoms with Crippen molar-refractivity contribution < 1.29 is 9.90 Å². The van der Waals surface area contributed by atoms with Gasteiger partial charge in [0, 0.05) is 16.6 Å². The molecule has 0 atom stereocenters. The number of benzene rings is 2. The smallest absolute Gasteiger partial charge is 0.335 e. The number of anilines is 2. The molecule has 0 aliphatic heterocycles. The quantitative estimate of drug-likeness (QED) is 0.741. The van der Waals surface area contributed by atoms with Crippen LogP contribution in [0.25, 0.3) is 11.3 Å². The van der Waals surface area contributed by atoms with E-state index in [-0.39, 0.29) is 5.56 Å². The second-order valence-corrected chi connectivity index (χ2v) is 5.77. The van der Waals surface area contributed by atoms with Gasteiger partial charge in [-0.3, -0.25) is 0 Å². The van der Waals surface area contributed by atoms with Crippen LogP contribution in [0, 0.1) is 6.92 Å². The first kappa shape index (κ1) is 14.3. The zero-order valence-electron chi connectivity index (χ0n) is 11.9. The zero-order chi connectivity index (χ0) is 15.5. The molecule has 0 radical (unpaired) electrons. The third-order valence-corrected chi connectivity index (χ3v) is 3.97. The molecular formula is C17H14N2O2S. The van der Waals surface area contributed by atoms with Crippen molar-refractivity contribution >= 4 is 28.1 Å². The summed E-state index contributed by atoms with van der Waals surface area (Å²) in [6, 6.07) is 14.9. The summed E-state index contributed by atoms with van der Waals surface area (Å²) in [5, 5.41) is 14.9. The lowest BCUT2D eigenvalue weighted by Gasteiger charge is -2.03. The maximum atomic E-state index is 11.0. The van der Waals surface area contributed by atoms with Crippen LogP contribution in [0.1, 0.15) is 15.9 Å². The predicted octanol–water partition coefficient (Wildman–Crippen LogP) is 4.56. The maximum absolute atomic E-state index is 11.0. The van der Waals surface area contributed by atoms with E-state index in [1.807, 2.05) is 30.5 Å². The van der Waals surface area contributed by atoms with Crippen molar-refractivity contribution in [2.24, 2.45) is 0 Å². The number of aromatic nitrogens is 1.